The molecule has 0 N–H and O–H groups in total. The van der Waals surface area contributed by atoms with Crippen LogP contribution in [0.15, 0.2) is 0 Å². The molecule has 8 unspecified atom stereocenters. The Hall–Kier alpha value is 1.80. The Bertz CT molecular complexity index is 903. The van der Waals surface area contributed by atoms with Crippen LogP contribution in [-0.2, 0) is 37.9 Å². The van der Waals surface area contributed by atoms with E-state index in [0.29, 0.717) is 63.2 Å². The average molecular weight is 1100 g/mol. The Morgan fingerprint density at radius 2 is 0.547 bits per heavy atom. The van der Waals surface area contributed by atoms with Gasteiger partial charge in [0.2, 0.25) is 0 Å². The van der Waals surface area contributed by atoms with Crippen molar-refractivity contribution in [2.45, 2.75) is 75.5 Å². The molecule has 8 atom stereocenters. The second-order valence-corrected chi connectivity index (χ2v) is 21.3. The maximum atomic E-state index is 6.49. The van der Waals surface area contributed by atoms with Crippen LogP contribution in [0.2, 0.25) is 0 Å². The summed E-state index contributed by atoms with van der Waals surface area (Å²) < 4.78 is 50.4. The molecular weight excluding hydrogens is 998 g/mol. The molecule has 0 aliphatic heterocycles. The number of rotatable bonds is 34. The molecule has 0 amide bonds. The van der Waals surface area contributed by atoms with Crippen molar-refractivity contribution in [3.63, 3.8) is 0 Å². The van der Waals surface area contributed by atoms with E-state index in [1.807, 2.05) is 33.0 Å². The highest BCUT2D eigenvalue weighted by Crippen LogP contribution is 2.12. The molecule has 0 aromatic rings. The number of ether oxygens (including phenoxy) is 8. The van der Waals surface area contributed by atoms with Gasteiger partial charge >= 0.3 is 0 Å². The second-order valence-electron chi connectivity index (χ2n) is 20.1. The number of methoxy groups -OCH3 is 2. The minimum absolute atomic E-state index is 0. The summed E-state index contributed by atoms with van der Waals surface area (Å²) >= 11 is 23.3. The van der Waals surface area contributed by atoms with Crippen molar-refractivity contribution in [1.82, 2.24) is 4.90 Å². The van der Waals surface area contributed by atoms with Crippen LogP contribution < -0.4 is 49.6 Å². The van der Waals surface area contributed by atoms with Gasteiger partial charge in [-0.25, -0.2) is 0 Å². The highest BCUT2D eigenvalue weighted by Gasteiger charge is 2.28. The molecule has 398 valence electrons. The topological polar surface area (TPSA) is 77.1 Å². The molecule has 0 aliphatic rings. The van der Waals surface area contributed by atoms with Crippen LogP contribution in [0.1, 0.15) is 26.7 Å². The minimum atomic E-state index is -0.247. The van der Waals surface area contributed by atoms with Crippen molar-refractivity contribution >= 4 is 46.4 Å². The average Bonchev–Trinajstić information content (AvgIpc) is 3.12. The Kier molecular flexibility index (Phi) is 55.8. The van der Waals surface area contributed by atoms with Gasteiger partial charge < -0.3 is 110 Å². The molecule has 64 heavy (non-hydrogen) atoms. The Morgan fingerprint density at radius 1 is 0.344 bits per heavy atom. The van der Waals surface area contributed by atoms with Crippen molar-refractivity contribution in [3.8, 4) is 0 Å². The first-order chi connectivity index (χ1) is 27.6. The summed E-state index contributed by atoms with van der Waals surface area (Å²) in [6, 6.07) is 0. The number of alkyl halides is 4. The summed E-state index contributed by atoms with van der Waals surface area (Å²) in [4.78, 5) is 2.00. The molecular formula is C43H97Cl8N5O8. The predicted molar refractivity (Wildman–Crippen MR) is 255 cm³/mol. The van der Waals surface area contributed by atoms with Crippen molar-refractivity contribution in [2.24, 2.45) is 0 Å². The van der Waals surface area contributed by atoms with Gasteiger partial charge in [0.1, 0.15) is 50.6 Å². The van der Waals surface area contributed by atoms with Gasteiger partial charge in [-0.15, -0.1) is 46.4 Å². The van der Waals surface area contributed by atoms with E-state index in [0.717, 1.165) is 57.0 Å². The lowest BCUT2D eigenvalue weighted by Crippen LogP contribution is -3.00. The van der Waals surface area contributed by atoms with Crippen LogP contribution in [0.4, 0.5) is 0 Å². The largest absolute Gasteiger partial charge is 1.00 e. The lowest BCUT2D eigenvalue weighted by Gasteiger charge is -2.34. The normalized spacial score (nSPS) is 15.8. The summed E-state index contributed by atoms with van der Waals surface area (Å²) in [5.74, 6) is 1.46. The molecule has 21 heteroatoms. The SMILES string of the molecule is CCC(CCl)OCC(CCl)OCC(CCl)OCC(CCl)OC.CCC(C[N+](C)(C)C)OCC(C[N+](C)(C)C)OCC(C[N+](C)(C)C)OCC(C[N+](C)(C)C)OC.CN(C)C.[Cl-].[Cl-].[Cl-].[Cl-]. The third kappa shape index (κ3) is 54.7. The minimum Gasteiger partial charge on any atom is -1.00 e. The smallest absolute Gasteiger partial charge is 0.130 e. The van der Waals surface area contributed by atoms with Crippen molar-refractivity contribution < 1.29 is 105 Å². The molecule has 0 heterocycles. The fourth-order valence-corrected chi connectivity index (χ4v) is 6.31. The number of halogens is 8. The van der Waals surface area contributed by atoms with Gasteiger partial charge in [0.05, 0.1) is 166 Å². The summed E-state index contributed by atoms with van der Waals surface area (Å²) in [6.45, 7) is 10.7. The zero-order valence-corrected chi connectivity index (χ0v) is 49.5. The quantitative estimate of drug-likeness (QED) is 0.0463. The van der Waals surface area contributed by atoms with Gasteiger partial charge in [0.25, 0.3) is 0 Å². The highest BCUT2D eigenvalue weighted by molar-refractivity contribution is 6.19. The van der Waals surface area contributed by atoms with Gasteiger partial charge in [-0.3, -0.25) is 0 Å². The van der Waals surface area contributed by atoms with E-state index in [1.165, 1.54) is 0 Å². The van der Waals surface area contributed by atoms with Crippen LogP contribution in [0.3, 0.4) is 0 Å². The summed E-state index contributed by atoms with van der Waals surface area (Å²) in [5.41, 5.74) is 0. The molecule has 0 aliphatic carbocycles. The Labute approximate surface area is 438 Å². The third-order valence-electron chi connectivity index (χ3n) is 8.38. The zero-order valence-electron chi connectivity index (χ0n) is 43.5. The van der Waals surface area contributed by atoms with E-state index in [-0.39, 0.29) is 98.5 Å². The Balaban J connectivity index is -0.000000188. The van der Waals surface area contributed by atoms with Gasteiger partial charge in [-0.2, -0.15) is 0 Å². The fourth-order valence-electron chi connectivity index (χ4n) is 5.43. The highest BCUT2D eigenvalue weighted by atomic mass is 35.5. The number of quaternary nitrogens is 4. The van der Waals surface area contributed by atoms with Crippen molar-refractivity contribution in [3.05, 3.63) is 0 Å². The summed E-state index contributed by atoms with van der Waals surface area (Å²) in [7, 11) is 35.7. The molecule has 0 bridgehead atoms. The maximum Gasteiger partial charge on any atom is 0.130 e. The maximum absolute atomic E-state index is 6.49. The van der Waals surface area contributed by atoms with Crippen LogP contribution in [0, 0.1) is 0 Å². The van der Waals surface area contributed by atoms with E-state index in [9.17, 15) is 0 Å². The molecule has 0 aromatic heterocycles. The van der Waals surface area contributed by atoms with E-state index in [1.54, 1.807) is 14.2 Å². The number of hydrogen-bond acceptors (Lipinski definition) is 9. The standard InChI is InChI=1S/C26H62N4O4.C14H26Cl4O4.C3H9N.4ClH/c1-15-23(16-27(2,3)4)32-21-25(18-29(8,9)10)34-22-26(19-30(11,12)13)33-20-24(31-14)17-28(5,6)7;1-3-11(4-15)20-9-13(6-17)22-10-14(7-18)21-8-12(5-16)19-2;1-4(2)3;;;;/h23-26H,15-22H2,1-14H3;11-14H,3-10H2,1-2H3;1-3H3;4*1H/q+4;;;;;;/p-4. The third-order valence-corrected chi connectivity index (χ3v) is 9.75. The summed E-state index contributed by atoms with van der Waals surface area (Å²) in [5, 5.41) is 0. The second kappa shape index (κ2) is 44.7. The van der Waals surface area contributed by atoms with Crippen LogP contribution in [0.25, 0.3) is 0 Å². The predicted octanol–water partition coefficient (Wildman–Crippen LogP) is -6.89. The van der Waals surface area contributed by atoms with Gasteiger partial charge in [-0.1, -0.05) is 13.8 Å². The van der Waals surface area contributed by atoms with Gasteiger partial charge in [0, 0.05) is 20.1 Å². The van der Waals surface area contributed by atoms with E-state index in [4.69, 9.17) is 84.3 Å². The lowest BCUT2D eigenvalue weighted by atomic mass is 10.2. The van der Waals surface area contributed by atoms with Crippen molar-refractivity contribution in [2.75, 3.05) is 209 Å². The molecule has 0 fully saturated rings. The lowest BCUT2D eigenvalue weighted by molar-refractivity contribution is -0.876. The van der Waals surface area contributed by atoms with Crippen LogP contribution >= 0.6 is 46.4 Å². The zero-order chi connectivity index (χ0) is 47.2. The molecule has 0 saturated heterocycles. The number of likely N-dealkylation sites (N-methyl/N-ethyl adjacent to an activating group) is 4. The fraction of sp³-hybridized carbons (Fsp3) is 1.00. The monoisotopic (exact) mass is 1090 g/mol. The Morgan fingerprint density at radius 3 is 0.812 bits per heavy atom. The van der Waals surface area contributed by atoms with Crippen molar-refractivity contribution in [1.29, 1.82) is 0 Å². The van der Waals surface area contributed by atoms with Gasteiger partial charge in [-0.05, 0) is 34.0 Å². The molecule has 0 aromatic carbocycles. The summed E-state index contributed by atoms with van der Waals surface area (Å²) in [6.07, 6.45) is 1.54. The molecule has 0 spiro atoms. The molecule has 0 saturated carbocycles. The van der Waals surface area contributed by atoms with Gasteiger partial charge in [0.15, 0.2) is 0 Å². The molecule has 0 rings (SSSR count). The first kappa shape index (κ1) is 79.9. The number of nitrogens with zero attached hydrogens (tertiary/aromatic N) is 5. The molecule has 13 nitrogen and oxygen atoms in total. The van der Waals surface area contributed by atoms with Crippen LogP contribution in [0.5, 0.6) is 0 Å². The number of hydrogen-bond donors (Lipinski definition) is 0. The van der Waals surface area contributed by atoms with Crippen LogP contribution in [-0.4, -0.2) is 281 Å². The first-order valence-electron chi connectivity index (χ1n) is 21.4. The van der Waals surface area contributed by atoms with E-state index >= 15 is 0 Å². The molecule has 0 radical (unpaired) electrons. The first-order valence-corrected chi connectivity index (χ1v) is 23.6. The van der Waals surface area contributed by atoms with E-state index in [2.05, 4.69) is 91.5 Å². The van der Waals surface area contributed by atoms with E-state index < -0.39 is 0 Å².